The summed E-state index contributed by atoms with van der Waals surface area (Å²) < 4.78 is 1.77. The molecule has 0 spiro atoms. The predicted octanol–water partition coefficient (Wildman–Crippen LogP) is 2.83. The molecule has 27 heavy (non-hydrogen) atoms. The van der Waals surface area contributed by atoms with Crippen molar-refractivity contribution in [2.45, 2.75) is 6.04 Å². The third-order valence-corrected chi connectivity index (χ3v) is 5.37. The second-order valence-corrected chi connectivity index (χ2v) is 7.16. The lowest BCUT2D eigenvalue weighted by Gasteiger charge is -2.38. The predicted molar refractivity (Wildman–Crippen MR) is 104 cm³/mol. The van der Waals surface area contributed by atoms with Crippen molar-refractivity contribution in [2.75, 3.05) is 18.4 Å². The van der Waals surface area contributed by atoms with E-state index in [-0.39, 0.29) is 17.9 Å². The lowest BCUT2D eigenvalue weighted by atomic mass is 10.1. The molecule has 1 aromatic carbocycles. The van der Waals surface area contributed by atoms with Gasteiger partial charge < -0.3 is 10.2 Å². The number of anilines is 1. The molecule has 3 heterocycles. The molecule has 0 unspecified atom stereocenters. The van der Waals surface area contributed by atoms with Crippen molar-refractivity contribution in [2.24, 2.45) is 0 Å². The highest BCUT2D eigenvalue weighted by Crippen LogP contribution is 2.26. The zero-order valence-corrected chi connectivity index (χ0v) is 15.2. The van der Waals surface area contributed by atoms with Crippen LogP contribution < -0.4 is 5.32 Å². The first-order valence-electron chi connectivity index (χ1n) is 8.43. The minimum atomic E-state index is -0.239. The van der Waals surface area contributed by atoms with Crippen LogP contribution in [0.4, 0.5) is 5.82 Å². The first-order chi connectivity index (χ1) is 13.1. The molecule has 1 aliphatic heterocycles. The molecule has 2 amide bonds. The number of carbonyl (C=O) groups is 2. The van der Waals surface area contributed by atoms with Gasteiger partial charge in [-0.25, -0.2) is 4.98 Å². The van der Waals surface area contributed by atoms with Crippen LogP contribution in [0, 0.1) is 0 Å². The summed E-state index contributed by atoms with van der Waals surface area (Å²) in [7, 11) is 0. The van der Waals surface area contributed by atoms with Gasteiger partial charge in [0.15, 0.2) is 5.82 Å². The molecule has 0 radical (unpaired) electrons. The van der Waals surface area contributed by atoms with Crippen LogP contribution in [0.1, 0.15) is 15.7 Å². The second kappa shape index (κ2) is 7.16. The number of benzene rings is 1. The molecule has 4 rings (SSSR count). The quantitative estimate of drug-likeness (QED) is 0.692. The van der Waals surface area contributed by atoms with Gasteiger partial charge in [-0.1, -0.05) is 36.9 Å². The van der Waals surface area contributed by atoms with Gasteiger partial charge in [-0.3, -0.25) is 14.3 Å². The Kier molecular flexibility index (Phi) is 4.55. The molecule has 2 aromatic heterocycles. The maximum absolute atomic E-state index is 12.4. The van der Waals surface area contributed by atoms with Crippen LogP contribution in [-0.2, 0) is 4.79 Å². The average molecular weight is 379 g/mol. The SMILES string of the molecule is C=CC(=O)N1CC(n2ccc(NC(=O)c3cnc(-c4ccccc4)s3)n2)C1. The van der Waals surface area contributed by atoms with Crippen LogP contribution in [0.25, 0.3) is 10.6 Å². The number of likely N-dealkylation sites (tertiary alicyclic amines) is 1. The van der Waals surface area contributed by atoms with E-state index in [9.17, 15) is 9.59 Å². The highest BCUT2D eigenvalue weighted by Gasteiger charge is 2.31. The molecule has 7 nitrogen and oxygen atoms in total. The Labute approximate surface area is 160 Å². The number of carbonyl (C=O) groups excluding carboxylic acids is 2. The Morgan fingerprint density at radius 3 is 2.74 bits per heavy atom. The minimum absolute atomic E-state index is 0.0775. The summed E-state index contributed by atoms with van der Waals surface area (Å²) in [6, 6.07) is 11.6. The number of aromatic nitrogens is 3. The molecular formula is C19H17N5O2S. The van der Waals surface area contributed by atoms with Gasteiger partial charge in [0.1, 0.15) is 9.88 Å². The molecule has 1 fully saturated rings. The minimum Gasteiger partial charge on any atom is -0.335 e. The molecule has 0 aliphatic carbocycles. The van der Waals surface area contributed by atoms with E-state index in [0.29, 0.717) is 23.8 Å². The van der Waals surface area contributed by atoms with Crippen molar-refractivity contribution < 1.29 is 9.59 Å². The van der Waals surface area contributed by atoms with E-state index < -0.39 is 0 Å². The summed E-state index contributed by atoms with van der Waals surface area (Å²) in [5.74, 6) is 0.159. The Balaban J connectivity index is 1.38. The summed E-state index contributed by atoms with van der Waals surface area (Å²) in [5.41, 5.74) is 0.981. The first kappa shape index (κ1) is 17.2. The number of hydrogen-bond donors (Lipinski definition) is 1. The van der Waals surface area contributed by atoms with Gasteiger partial charge in [0.05, 0.1) is 12.2 Å². The fourth-order valence-electron chi connectivity index (χ4n) is 2.81. The fraction of sp³-hybridized carbons (Fsp3) is 0.158. The highest BCUT2D eigenvalue weighted by molar-refractivity contribution is 7.17. The second-order valence-electron chi connectivity index (χ2n) is 6.13. The van der Waals surface area contributed by atoms with Crippen molar-refractivity contribution in [3.05, 3.63) is 66.3 Å². The van der Waals surface area contributed by atoms with Crippen molar-refractivity contribution in [1.82, 2.24) is 19.7 Å². The van der Waals surface area contributed by atoms with Gasteiger partial charge in [0, 0.05) is 30.9 Å². The summed E-state index contributed by atoms with van der Waals surface area (Å²) in [6.07, 6.45) is 4.69. The number of thiazole rings is 1. The molecule has 0 bridgehead atoms. The van der Waals surface area contributed by atoms with Gasteiger partial charge in [0.2, 0.25) is 5.91 Å². The van der Waals surface area contributed by atoms with E-state index in [2.05, 4.69) is 22.0 Å². The maximum Gasteiger partial charge on any atom is 0.268 e. The molecule has 8 heteroatoms. The molecule has 1 N–H and O–H groups in total. The molecule has 1 saturated heterocycles. The van der Waals surface area contributed by atoms with E-state index in [1.54, 1.807) is 28.0 Å². The van der Waals surface area contributed by atoms with Gasteiger partial charge in [-0.2, -0.15) is 5.10 Å². The van der Waals surface area contributed by atoms with Crippen LogP contribution in [0.15, 0.2) is 61.4 Å². The largest absolute Gasteiger partial charge is 0.335 e. The Morgan fingerprint density at radius 2 is 2.00 bits per heavy atom. The molecule has 0 atom stereocenters. The summed E-state index contributed by atoms with van der Waals surface area (Å²) in [4.78, 5) is 30.5. The van der Waals surface area contributed by atoms with Crippen molar-refractivity contribution in [3.63, 3.8) is 0 Å². The standard InChI is InChI=1S/C19H17N5O2S/c1-2-17(25)23-11-14(12-23)24-9-8-16(22-24)21-18(26)15-10-20-19(27-15)13-6-4-3-5-7-13/h2-10,14H,1,11-12H2,(H,21,22,26). The smallest absolute Gasteiger partial charge is 0.268 e. The van der Waals surface area contributed by atoms with Crippen LogP contribution in [0.2, 0.25) is 0 Å². The first-order valence-corrected chi connectivity index (χ1v) is 9.25. The number of rotatable bonds is 5. The number of nitrogens with zero attached hydrogens (tertiary/aromatic N) is 4. The fourth-order valence-corrected chi connectivity index (χ4v) is 3.63. The van der Waals surface area contributed by atoms with Crippen molar-refractivity contribution in [1.29, 1.82) is 0 Å². The zero-order chi connectivity index (χ0) is 18.8. The van der Waals surface area contributed by atoms with E-state index in [1.807, 2.05) is 30.3 Å². The molecule has 0 saturated carbocycles. The van der Waals surface area contributed by atoms with E-state index in [0.717, 1.165) is 10.6 Å². The molecular weight excluding hydrogens is 362 g/mol. The molecule has 3 aromatic rings. The normalized spacial score (nSPS) is 13.9. The number of amides is 2. The number of nitrogens with one attached hydrogen (secondary N) is 1. The van der Waals surface area contributed by atoms with Crippen LogP contribution in [-0.4, -0.2) is 44.6 Å². The van der Waals surface area contributed by atoms with Gasteiger partial charge in [-0.05, 0) is 6.08 Å². The summed E-state index contributed by atoms with van der Waals surface area (Å²) >= 11 is 1.34. The lowest BCUT2D eigenvalue weighted by Crippen LogP contribution is -2.50. The molecule has 1 aliphatic rings. The van der Waals surface area contributed by atoms with Gasteiger partial charge in [0.25, 0.3) is 5.91 Å². The number of hydrogen-bond acceptors (Lipinski definition) is 5. The van der Waals surface area contributed by atoms with Crippen LogP contribution in [0.5, 0.6) is 0 Å². The highest BCUT2D eigenvalue weighted by atomic mass is 32.1. The van der Waals surface area contributed by atoms with Crippen molar-refractivity contribution in [3.8, 4) is 10.6 Å². The monoisotopic (exact) mass is 379 g/mol. The third-order valence-electron chi connectivity index (χ3n) is 4.32. The lowest BCUT2D eigenvalue weighted by molar-refractivity contribution is -0.131. The van der Waals surface area contributed by atoms with Crippen LogP contribution >= 0.6 is 11.3 Å². The topological polar surface area (TPSA) is 80.1 Å². The third kappa shape index (κ3) is 3.52. The van der Waals surface area contributed by atoms with Crippen molar-refractivity contribution >= 4 is 29.0 Å². The van der Waals surface area contributed by atoms with E-state index >= 15 is 0 Å². The summed E-state index contributed by atoms with van der Waals surface area (Å²) in [5, 5.41) is 7.98. The van der Waals surface area contributed by atoms with E-state index in [1.165, 1.54) is 17.4 Å². The van der Waals surface area contributed by atoms with Gasteiger partial charge >= 0.3 is 0 Å². The Hall–Kier alpha value is -3.26. The molecule has 136 valence electrons. The Morgan fingerprint density at radius 1 is 1.22 bits per heavy atom. The Bertz CT molecular complexity index is 988. The zero-order valence-electron chi connectivity index (χ0n) is 14.4. The maximum atomic E-state index is 12.4. The van der Waals surface area contributed by atoms with E-state index in [4.69, 9.17) is 0 Å². The van der Waals surface area contributed by atoms with Gasteiger partial charge in [-0.15, -0.1) is 11.3 Å². The van der Waals surface area contributed by atoms with Crippen LogP contribution in [0.3, 0.4) is 0 Å². The average Bonchev–Trinajstić information content (AvgIpc) is 3.31. The summed E-state index contributed by atoms with van der Waals surface area (Å²) in [6.45, 7) is 4.67.